The molecule has 0 spiro atoms. The van der Waals surface area contributed by atoms with E-state index in [2.05, 4.69) is 15.6 Å². The van der Waals surface area contributed by atoms with Gasteiger partial charge >= 0.3 is 0 Å². The molecule has 140 valence electrons. The Labute approximate surface area is 147 Å². The van der Waals surface area contributed by atoms with Crippen LogP contribution in [0, 0.1) is 11.6 Å². The van der Waals surface area contributed by atoms with E-state index in [1.54, 1.807) is 0 Å². The maximum absolute atomic E-state index is 13.6. The predicted octanol–water partition coefficient (Wildman–Crippen LogP) is 2.61. The van der Waals surface area contributed by atoms with Crippen LogP contribution in [0.1, 0.15) is 31.7 Å². The van der Waals surface area contributed by atoms with E-state index in [1.807, 2.05) is 6.92 Å². The fourth-order valence-electron chi connectivity index (χ4n) is 2.54. The molecule has 1 aliphatic heterocycles. The molecule has 0 radical (unpaired) electrons. The van der Waals surface area contributed by atoms with E-state index in [4.69, 9.17) is 9.47 Å². The number of ether oxygens (including phenoxy) is 2. The van der Waals surface area contributed by atoms with Gasteiger partial charge in [0.2, 0.25) is 0 Å². The van der Waals surface area contributed by atoms with Gasteiger partial charge in [0.05, 0.1) is 12.6 Å². The number of benzene rings is 1. The number of nitrogens with one attached hydrogen (secondary N) is 2. The third kappa shape index (κ3) is 7.36. The molecule has 0 unspecified atom stereocenters. The topological polar surface area (TPSA) is 54.9 Å². The summed E-state index contributed by atoms with van der Waals surface area (Å²) in [4.78, 5) is 4.30. The minimum atomic E-state index is -0.463. The van der Waals surface area contributed by atoms with Crippen molar-refractivity contribution in [1.29, 1.82) is 0 Å². The highest BCUT2D eigenvalue weighted by atomic mass is 19.1. The average Bonchev–Trinajstić information content (AvgIpc) is 2.62. The van der Waals surface area contributed by atoms with Crippen LogP contribution in [0.5, 0.6) is 0 Å². The Morgan fingerprint density at radius 2 is 2.08 bits per heavy atom. The summed E-state index contributed by atoms with van der Waals surface area (Å²) in [5.74, 6) is -0.335. The van der Waals surface area contributed by atoms with Crippen molar-refractivity contribution < 1.29 is 18.3 Å². The largest absolute Gasteiger partial charge is 0.381 e. The molecule has 1 saturated heterocycles. The molecule has 0 aromatic heterocycles. The first-order valence-corrected chi connectivity index (χ1v) is 8.84. The number of aliphatic imine (C=N–C) groups is 1. The molecule has 1 aromatic rings. The van der Waals surface area contributed by atoms with Crippen molar-refractivity contribution >= 4 is 5.96 Å². The molecule has 0 saturated carbocycles. The van der Waals surface area contributed by atoms with E-state index < -0.39 is 11.6 Å². The first-order valence-electron chi connectivity index (χ1n) is 8.84. The molecule has 0 atom stereocenters. The van der Waals surface area contributed by atoms with E-state index in [0.29, 0.717) is 31.8 Å². The average molecular weight is 355 g/mol. The highest BCUT2D eigenvalue weighted by molar-refractivity contribution is 5.79. The van der Waals surface area contributed by atoms with E-state index in [0.717, 1.165) is 44.6 Å². The van der Waals surface area contributed by atoms with Gasteiger partial charge in [-0.1, -0.05) is 0 Å². The van der Waals surface area contributed by atoms with E-state index in [9.17, 15) is 8.78 Å². The van der Waals surface area contributed by atoms with Gasteiger partial charge in [-0.05, 0) is 44.4 Å². The quantitative estimate of drug-likeness (QED) is 0.428. The van der Waals surface area contributed by atoms with Gasteiger partial charge in [-0.2, -0.15) is 0 Å². The summed E-state index contributed by atoms with van der Waals surface area (Å²) < 4.78 is 37.9. The van der Waals surface area contributed by atoms with Gasteiger partial charge in [0.15, 0.2) is 5.96 Å². The van der Waals surface area contributed by atoms with Crippen LogP contribution < -0.4 is 10.6 Å². The van der Waals surface area contributed by atoms with Crippen LogP contribution in [-0.2, 0) is 16.0 Å². The molecule has 2 N–H and O–H groups in total. The molecule has 5 nitrogen and oxygen atoms in total. The molecule has 1 heterocycles. The van der Waals surface area contributed by atoms with Crippen LogP contribution in [0.4, 0.5) is 8.78 Å². The Morgan fingerprint density at radius 3 is 2.84 bits per heavy atom. The maximum Gasteiger partial charge on any atom is 0.191 e. The molecule has 1 aliphatic rings. The SMILES string of the molecule is CCNC(=NCc1cc(F)ccc1F)NCCCOC1CCOCC1. The zero-order valence-corrected chi connectivity index (χ0v) is 14.7. The van der Waals surface area contributed by atoms with Gasteiger partial charge in [-0.25, -0.2) is 13.8 Å². The summed E-state index contributed by atoms with van der Waals surface area (Å²) in [6.45, 7) is 5.64. The lowest BCUT2D eigenvalue weighted by Gasteiger charge is -2.22. The van der Waals surface area contributed by atoms with Crippen LogP contribution in [0.3, 0.4) is 0 Å². The summed E-state index contributed by atoms with van der Waals surface area (Å²) >= 11 is 0. The van der Waals surface area contributed by atoms with Crippen molar-refractivity contribution in [1.82, 2.24) is 10.6 Å². The highest BCUT2D eigenvalue weighted by Gasteiger charge is 2.13. The molecule has 0 aliphatic carbocycles. The lowest BCUT2D eigenvalue weighted by Crippen LogP contribution is -2.38. The fourth-order valence-corrected chi connectivity index (χ4v) is 2.54. The Bertz CT molecular complexity index is 549. The fraction of sp³-hybridized carbons (Fsp3) is 0.611. The molecule has 0 bridgehead atoms. The molecule has 1 fully saturated rings. The summed E-state index contributed by atoms with van der Waals surface area (Å²) in [7, 11) is 0. The van der Waals surface area contributed by atoms with Gasteiger partial charge in [-0.15, -0.1) is 0 Å². The Kier molecular flexibility index (Phi) is 8.62. The van der Waals surface area contributed by atoms with Gasteiger partial charge in [0.25, 0.3) is 0 Å². The Hall–Kier alpha value is -1.73. The molecule has 2 rings (SSSR count). The number of guanidine groups is 1. The Balaban J connectivity index is 1.72. The maximum atomic E-state index is 13.6. The van der Waals surface area contributed by atoms with Gasteiger partial charge < -0.3 is 20.1 Å². The smallest absolute Gasteiger partial charge is 0.191 e. The van der Waals surface area contributed by atoms with Crippen molar-refractivity contribution in [3.8, 4) is 0 Å². The second-order valence-electron chi connectivity index (χ2n) is 5.89. The number of hydrogen-bond donors (Lipinski definition) is 2. The van der Waals surface area contributed by atoms with Gasteiger partial charge in [0, 0.05) is 38.5 Å². The van der Waals surface area contributed by atoms with E-state index in [-0.39, 0.29) is 12.1 Å². The van der Waals surface area contributed by atoms with Crippen LogP contribution in [0.25, 0.3) is 0 Å². The first kappa shape index (κ1) is 19.6. The zero-order valence-electron chi connectivity index (χ0n) is 14.7. The molecule has 1 aromatic carbocycles. The number of nitrogens with zero attached hydrogens (tertiary/aromatic N) is 1. The van der Waals surface area contributed by atoms with Crippen molar-refractivity contribution in [2.24, 2.45) is 4.99 Å². The molecule has 7 heteroatoms. The van der Waals surface area contributed by atoms with Crippen LogP contribution >= 0.6 is 0 Å². The standard InChI is InChI=1S/C18H27F2N3O2/c1-2-21-18(23-13-14-12-15(19)4-5-17(14)20)22-8-3-9-25-16-6-10-24-11-7-16/h4-5,12,16H,2-3,6-11,13H2,1H3,(H2,21,22,23). The highest BCUT2D eigenvalue weighted by Crippen LogP contribution is 2.11. The van der Waals surface area contributed by atoms with Crippen LogP contribution in [0.2, 0.25) is 0 Å². The van der Waals surface area contributed by atoms with Crippen molar-refractivity contribution in [2.45, 2.75) is 38.8 Å². The molecular formula is C18H27F2N3O2. The first-order chi connectivity index (χ1) is 12.2. The molecule has 25 heavy (non-hydrogen) atoms. The van der Waals surface area contributed by atoms with Gasteiger partial charge in [0.1, 0.15) is 11.6 Å². The Morgan fingerprint density at radius 1 is 1.28 bits per heavy atom. The number of hydrogen-bond acceptors (Lipinski definition) is 3. The third-order valence-corrected chi connectivity index (χ3v) is 3.89. The number of halogens is 2. The second-order valence-corrected chi connectivity index (χ2v) is 5.89. The third-order valence-electron chi connectivity index (χ3n) is 3.89. The molecule has 0 amide bonds. The monoisotopic (exact) mass is 355 g/mol. The van der Waals surface area contributed by atoms with Crippen molar-refractivity contribution in [3.05, 3.63) is 35.4 Å². The van der Waals surface area contributed by atoms with Crippen molar-refractivity contribution in [2.75, 3.05) is 32.9 Å². The normalized spacial score (nSPS) is 16.0. The van der Waals surface area contributed by atoms with Gasteiger partial charge in [-0.3, -0.25) is 0 Å². The van der Waals surface area contributed by atoms with Crippen molar-refractivity contribution in [3.63, 3.8) is 0 Å². The predicted molar refractivity (Wildman–Crippen MR) is 93.6 cm³/mol. The minimum Gasteiger partial charge on any atom is -0.381 e. The van der Waals surface area contributed by atoms with E-state index in [1.165, 1.54) is 6.07 Å². The summed E-state index contributed by atoms with van der Waals surface area (Å²) in [6.07, 6.45) is 3.05. The summed E-state index contributed by atoms with van der Waals surface area (Å²) in [5, 5.41) is 6.27. The number of rotatable bonds is 8. The minimum absolute atomic E-state index is 0.0809. The summed E-state index contributed by atoms with van der Waals surface area (Å²) in [5.41, 5.74) is 0.236. The zero-order chi connectivity index (χ0) is 17.9. The van der Waals surface area contributed by atoms with E-state index >= 15 is 0 Å². The lowest BCUT2D eigenvalue weighted by atomic mass is 10.1. The summed E-state index contributed by atoms with van der Waals surface area (Å²) in [6, 6.07) is 3.39. The lowest BCUT2D eigenvalue weighted by molar-refractivity contribution is -0.0320. The van der Waals surface area contributed by atoms with Crippen LogP contribution in [-0.4, -0.2) is 45.0 Å². The van der Waals surface area contributed by atoms with Crippen LogP contribution in [0.15, 0.2) is 23.2 Å². The molecular weight excluding hydrogens is 328 g/mol. The second kappa shape index (κ2) is 11.0.